The van der Waals surface area contributed by atoms with E-state index in [0.717, 1.165) is 6.92 Å². The molecule has 202 valence electrons. The van der Waals surface area contributed by atoms with Crippen LogP contribution in [-0.4, -0.2) is 34.6 Å². The summed E-state index contributed by atoms with van der Waals surface area (Å²) in [5.74, 6) is -10.9. The smallest absolute Gasteiger partial charge is 0.335 e. The van der Waals surface area contributed by atoms with Gasteiger partial charge >= 0.3 is 11.9 Å². The summed E-state index contributed by atoms with van der Waals surface area (Å²) in [6, 6.07) is 0. The van der Waals surface area contributed by atoms with Gasteiger partial charge in [0.2, 0.25) is 11.6 Å². The Kier molecular flexibility index (Phi) is 13.0. The molecule has 36 heavy (non-hydrogen) atoms. The molecule has 2 rings (SSSR count). The predicted octanol–water partition coefficient (Wildman–Crippen LogP) is 4.59. The monoisotopic (exact) mass is 521 g/mol. The van der Waals surface area contributed by atoms with E-state index in [2.05, 4.69) is 9.57 Å². The highest BCUT2D eigenvalue weighted by Gasteiger charge is 2.33. The minimum atomic E-state index is -1.87. The zero-order valence-electron chi connectivity index (χ0n) is 21.5. The highest BCUT2D eigenvalue weighted by atomic mass is 19.2. The maximum absolute atomic E-state index is 13.4. The zero-order valence-corrected chi connectivity index (χ0v) is 21.5. The summed E-state index contributed by atoms with van der Waals surface area (Å²) < 4.78 is 56.9. The van der Waals surface area contributed by atoms with Crippen molar-refractivity contribution in [1.29, 1.82) is 0 Å². The van der Waals surface area contributed by atoms with Crippen LogP contribution in [0.25, 0.3) is 0 Å². The lowest BCUT2D eigenvalue weighted by atomic mass is 10.1. The number of benzene rings is 1. The van der Waals surface area contributed by atoms with Crippen LogP contribution >= 0.6 is 0 Å². The van der Waals surface area contributed by atoms with E-state index in [1.807, 2.05) is 13.8 Å². The number of hydrogen-bond donors (Lipinski definition) is 0. The fourth-order valence-corrected chi connectivity index (χ4v) is 1.88. The normalized spacial score (nSPS) is 12.8. The van der Waals surface area contributed by atoms with E-state index in [-0.39, 0.29) is 30.5 Å². The van der Waals surface area contributed by atoms with Crippen molar-refractivity contribution < 1.29 is 51.1 Å². The van der Waals surface area contributed by atoms with Gasteiger partial charge in [0.05, 0.1) is 11.8 Å². The fourth-order valence-electron chi connectivity index (χ4n) is 1.88. The lowest BCUT2D eigenvalue weighted by Gasteiger charge is -2.13. The van der Waals surface area contributed by atoms with E-state index < -0.39 is 64.3 Å². The molecule has 1 heterocycles. The summed E-state index contributed by atoms with van der Waals surface area (Å²) in [5.41, 5.74) is -0.740. The van der Waals surface area contributed by atoms with E-state index in [9.17, 15) is 41.5 Å². The Balaban J connectivity index is 0.000000569. The first-order chi connectivity index (χ1) is 16.4. The van der Waals surface area contributed by atoms with Gasteiger partial charge in [0.15, 0.2) is 17.5 Å². The van der Waals surface area contributed by atoms with Crippen LogP contribution in [0, 0.1) is 47.9 Å². The maximum Gasteiger partial charge on any atom is 0.335 e. The molecule has 1 aliphatic heterocycles. The Morgan fingerprint density at radius 3 is 1.50 bits per heavy atom. The van der Waals surface area contributed by atoms with Gasteiger partial charge in [-0.3, -0.25) is 19.2 Å². The van der Waals surface area contributed by atoms with E-state index in [4.69, 9.17) is 0 Å². The number of hydroxylamine groups is 2. The minimum absolute atomic E-state index is 0.129. The number of rotatable bonds is 5. The molecule has 1 aliphatic rings. The molecule has 8 nitrogen and oxygen atoms in total. The van der Waals surface area contributed by atoms with Crippen molar-refractivity contribution in [2.45, 2.75) is 68.2 Å². The first-order valence-corrected chi connectivity index (χ1v) is 11.1. The summed E-state index contributed by atoms with van der Waals surface area (Å²) in [6.07, 6.45) is 0.258. The number of imide groups is 1. The number of ketones is 1. The van der Waals surface area contributed by atoms with Crippen LogP contribution in [0.4, 0.5) is 17.6 Å². The molecular weight excluding hydrogens is 490 g/mol. The van der Waals surface area contributed by atoms with Crippen molar-refractivity contribution in [3.63, 3.8) is 0 Å². The molecule has 1 aromatic carbocycles. The second-order valence-electron chi connectivity index (χ2n) is 8.70. The molecular formula is C24H31F4NO7. The third kappa shape index (κ3) is 9.38. The zero-order chi connectivity index (χ0) is 28.5. The molecule has 0 bridgehead atoms. The van der Waals surface area contributed by atoms with Crippen LogP contribution in [-0.2, 0) is 28.8 Å². The van der Waals surface area contributed by atoms with Crippen LogP contribution in [0.3, 0.4) is 0 Å². The standard InChI is InChI=1S/C11H10F4O2.C8H11NO4.C5H10O/c1-4(2)11(16)17-10-7(13)5(3)6(12)8(14)9(10)15;1-5(2)8(12)13-9-6(10)3-4-7(9)11;1-4(2)5(3)6/h4H,1-3H3;5H,3-4H2,1-2H3;4H,1-3H3. The lowest BCUT2D eigenvalue weighted by Crippen LogP contribution is -2.33. The maximum atomic E-state index is 13.4. The quantitative estimate of drug-likeness (QED) is 0.139. The highest BCUT2D eigenvalue weighted by Crippen LogP contribution is 2.30. The lowest BCUT2D eigenvalue weighted by molar-refractivity contribution is -0.199. The van der Waals surface area contributed by atoms with Gasteiger partial charge in [-0.15, -0.1) is 5.06 Å². The van der Waals surface area contributed by atoms with Gasteiger partial charge in [0, 0.05) is 24.3 Å². The van der Waals surface area contributed by atoms with E-state index in [1.165, 1.54) is 13.8 Å². The number of carbonyl (C=O) groups excluding carboxylic acids is 5. The molecule has 1 aromatic rings. The Hall–Kier alpha value is -3.31. The Labute approximate surface area is 206 Å². The van der Waals surface area contributed by atoms with Gasteiger partial charge < -0.3 is 9.57 Å². The third-order valence-corrected chi connectivity index (χ3v) is 4.59. The van der Waals surface area contributed by atoms with Gasteiger partial charge in [0.25, 0.3) is 11.8 Å². The molecule has 2 amide bonds. The van der Waals surface area contributed by atoms with Gasteiger partial charge in [-0.1, -0.05) is 41.5 Å². The summed E-state index contributed by atoms with van der Waals surface area (Å²) >= 11 is 0. The molecule has 0 N–H and O–H groups in total. The van der Waals surface area contributed by atoms with Gasteiger partial charge in [0.1, 0.15) is 5.78 Å². The molecule has 1 fully saturated rings. The topological polar surface area (TPSA) is 107 Å². The van der Waals surface area contributed by atoms with Crippen LogP contribution in [0.5, 0.6) is 5.75 Å². The third-order valence-electron chi connectivity index (χ3n) is 4.59. The van der Waals surface area contributed by atoms with Crippen molar-refractivity contribution in [3.05, 3.63) is 28.8 Å². The fraction of sp³-hybridized carbons (Fsp3) is 0.542. The first-order valence-electron chi connectivity index (χ1n) is 11.1. The van der Waals surface area contributed by atoms with Crippen LogP contribution in [0.1, 0.15) is 66.9 Å². The summed E-state index contributed by atoms with van der Waals surface area (Å²) in [5, 5.41) is 0.558. The highest BCUT2D eigenvalue weighted by molar-refractivity contribution is 6.01. The number of amides is 2. The van der Waals surface area contributed by atoms with Crippen molar-refractivity contribution in [1.82, 2.24) is 5.06 Å². The van der Waals surface area contributed by atoms with Crippen molar-refractivity contribution in [2.75, 3.05) is 0 Å². The molecule has 0 atom stereocenters. The Bertz CT molecular complexity index is 962. The number of esters is 1. The van der Waals surface area contributed by atoms with E-state index in [0.29, 0.717) is 5.06 Å². The van der Waals surface area contributed by atoms with Gasteiger partial charge in [-0.25, -0.2) is 18.0 Å². The van der Waals surface area contributed by atoms with Crippen LogP contribution in [0.2, 0.25) is 0 Å². The number of Topliss-reactive ketones (excluding diaryl/α,β-unsaturated/α-hetero) is 1. The van der Waals surface area contributed by atoms with E-state index in [1.54, 1.807) is 20.8 Å². The molecule has 0 unspecified atom stereocenters. The van der Waals surface area contributed by atoms with Crippen molar-refractivity contribution >= 4 is 29.5 Å². The molecule has 1 saturated heterocycles. The largest absolute Gasteiger partial charge is 0.420 e. The first kappa shape index (κ1) is 32.7. The van der Waals surface area contributed by atoms with Crippen molar-refractivity contribution in [3.8, 4) is 5.75 Å². The summed E-state index contributed by atoms with van der Waals surface area (Å²) in [4.78, 5) is 58.9. The average molecular weight is 522 g/mol. The molecule has 0 aromatic heterocycles. The molecule has 12 heteroatoms. The van der Waals surface area contributed by atoms with Gasteiger partial charge in [-0.05, 0) is 13.8 Å². The second kappa shape index (κ2) is 14.3. The van der Waals surface area contributed by atoms with Crippen molar-refractivity contribution in [2.24, 2.45) is 17.8 Å². The molecule has 0 saturated carbocycles. The molecule has 0 aliphatic carbocycles. The number of nitrogens with zero attached hydrogens (tertiary/aromatic N) is 1. The van der Waals surface area contributed by atoms with Gasteiger partial charge in [-0.2, -0.15) is 4.39 Å². The van der Waals surface area contributed by atoms with Crippen LogP contribution in [0.15, 0.2) is 0 Å². The number of carbonyl (C=O) groups is 5. The number of halogens is 4. The van der Waals surface area contributed by atoms with Crippen LogP contribution < -0.4 is 4.74 Å². The minimum Gasteiger partial charge on any atom is -0.420 e. The summed E-state index contributed by atoms with van der Waals surface area (Å²) in [6.45, 7) is 12.4. The molecule has 0 radical (unpaired) electrons. The average Bonchev–Trinajstić information content (AvgIpc) is 3.11. The number of ether oxygens (including phenoxy) is 1. The van der Waals surface area contributed by atoms with E-state index >= 15 is 0 Å². The Morgan fingerprint density at radius 1 is 0.722 bits per heavy atom. The predicted molar refractivity (Wildman–Crippen MR) is 119 cm³/mol. The SMILES string of the molecule is CC(=O)C(C)C.CC(C)C(=O)ON1C(=O)CCC1=O.Cc1c(F)c(F)c(F)c(OC(=O)C(C)C)c1F. The summed E-state index contributed by atoms with van der Waals surface area (Å²) in [7, 11) is 0. The Morgan fingerprint density at radius 2 is 1.14 bits per heavy atom. The molecule has 0 spiro atoms. The second-order valence-corrected chi connectivity index (χ2v) is 8.70. The number of hydrogen-bond acceptors (Lipinski definition) is 7.